The Morgan fingerprint density at radius 2 is 1.53 bits per heavy atom. The fourth-order valence-electron chi connectivity index (χ4n) is 3.25. The van der Waals surface area contributed by atoms with Crippen LogP contribution in [-0.2, 0) is 22.2 Å². The first-order valence-electron chi connectivity index (χ1n) is 10.5. The maximum Gasteiger partial charge on any atom is 0.416 e. The van der Waals surface area contributed by atoms with Gasteiger partial charge in [0.15, 0.2) is 11.5 Å². The summed E-state index contributed by atoms with van der Waals surface area (Å²) in [5.41, 5.74) is 5.86. The first kappa shape index (κ1) is 25.3. The van der Waals surface area contributed by atoms with Gasteiger partial charge >= 0.3 is 6.18 Å². The highest BCUT2D eigenvalue weighted by atomic mass is 19.4. The molecule has 0 fully saturated rings. The minimum atomic E-state index is -4.49. The maximum atomic E-state index is 13.2. The van der Waals surface area contributed by atoms with E-state index < -0.39 is 11.7 Å². The van der Waals surface area contributed by atoms with Crippen LogP contribution in [0.4, 0.5) is 24.7 Å². The van der Waals surface area contributed by atoms with Gasteiger partial charge < -0.3 is 30.0 Å². The number of hydrogen-bond acceptors (Lipinski definition) is 8. The van der Waals surface area contributed by atoms with E-state index in [4.69, 9.17) is 24.7 Å². The summed E-state index contributed by atoms with van der Waals surface area (Å²) in [5.74, 6) is 1.86. The quantitative estimate of drug-likeness (QED) is 0.311. The number of methoxy groups -OCH3 is 2. The van der Waals surface area contributed by atoms with E-state index in [0.29, 0.717) is 66.0 Å². The van der Waals surface area contributed by atoms with Gasteiger partial charge in [0.25, 0.3) is 0 Å². The maximum absolute atomic E-state index is 13.2. The fourth-order valence-corrected chi connectivity index (χ4v) is 3.25. The number of nitrogens with zero attached hydrogens (tertiary/aromatic N) is 2. The molecule has 0 atom stereocenters. The van der Waals surface area contributed by atoms with Gasteiger partial charge in [0, 0.05) is 37.9 Å². The summed E-state index contributed by atoms with van der Waals surface area (Å²) in [5, 5.41) is 3.72. The van der Waals surface area contributed by atoms with Gasteiger partial charge in [-0.2, -0.15) is 13.2 Å². The monoisotopic (exact) mass is 480 g/mol. The minimum absolute atomic E-state index is 0.0297. The molecule has 0 saturated carbocycles. The van der Waals surface area contributed by atoms with Gasteiger partial charge in [-0.05, 0) is 36.8 Å². The second-order valence-corrected chi connectivity index (χ2v) is 7.43. The zero-order valence-electron chi connectivity index (χ0n) is 19.2. The van der Waals surface area contributed by atoms with Crippen LogP contribution in [0.2, 0.25) is 0 Å². The van der Waals surface area contributed by atoms with Gasteiger partial charge in [0.1, 0.15) is 24.9 Å². The van der Waals surface area contributed by atoms with E-state index in [1.807, 2.05) is 0 Å². The molecular weight excluding hydrogens is 453 g/mol. The lowest BCUT2D eigenvalue weighted by Gasteiger charge is -2.16. The number of rotatable bonds is 11. The van der Waals surface area contributed by atoms with Crippen LogP contribution in [0.5, 0.6) is 11.5 Å². The second-order valence-electron chi connectivity index (χ2n) is 7.43. The number of alkyl halides is 3. The molecular formula is C23H27F3N4O4. The van der Waals surface area contributed by atoms with E-state index in [1.54, 1.807) is 33.3 Å². The van der Waals surface area contributed by atoms with Crippen LogP contribution in [0.15, 0.2) is 30.3 Å². The molecule has 0 aliphatic rings. The third kappa shape index (κ3) is 6.61. The van der Waals surface area contributed by atoms with Crippen LogP contribution in [0, 0.1) is 6.92 Å². The van der Waals surface area contributed by atoms with Gasteiger partial charge in [0.2, 0.25) is 0 Å². The van der Waals surface area contributed by atoms with E-state index in [2.05, 4.69) is 15.3 Å². The fraction of sp³-hybridized carbons (Fsp3) is 0.391. The molecule has 0 saturated heterocycles. The number of hydrogen-bond donors (Lipinski definition) is 2. The van der Waals surface area contributed by atoms with Crippen molar-refractivity contribution in [2.45, 2.75) is 19.6 Å². The van der Waals surface area contributed by atoms with Crippen molar-refractivity contribution in [2.75, 3.05) is 51.7 Å². The second kappa shape index (κ2) is 11.2. The highest BCUT2D eigenvalue weighted by Gasteiger charge is 2.31. The van der Waals surface area contributed by atoms with Crippen molar-refractivity contribution in [3.05, 3.63) is 47.3 Å². The average molecular weight is 480 g/mol. The molecule has 2 aromatic carbocycles. The number of aryl methyl sites for hydroxylation is 1. The lowest BCUT2D eigenvalue weighted by Crippen LogP contribution is -2.10. The number of nitrogen functional groups attached to an aromatic ring is 1. The number of ether oxygens (including phenoxy) is 4. The number of anilines is 2. The third-order valence-electron chi connectivity index (χ3n) is 4.77. The van der Waals surface area contributed by atoms with Crippen LogP contribution in [0.3, 0.4) is 0 Å². The predicted octanol–water partition coefficient (Wildman–Crippen LogP) is 4.20. The lowest BCUT2D eigenvalue weighted by molar-refractivity contribution is -0.137. The molecule has 0 amide bonds. The van der Waals surface area contributed by atoms with Crippen LogP contribution >= 0.6 is 0 Å². The molecule has 184 valence electrons. The Morgan fingerprint density at radius 3 is 2.15 bits per heavy atom. The molecule has 1 aromatic heterocycles. The Hall–Kier alpha value is -3.31. The van der Waals surface area contributed by atoms with Crippen molar-refractivity contribution in [1.82, 2.24) is 9.97 Å². The van der Waals surface area contributed by atoms with Gasteiger partial charge in [-0.3, -0.25) is 0 Å². The number of nitrogens with one attached hydrogen (secondary N) is 1. The molecule has 8 nitrogen and oxygen atoms in total. The summed E-state index contributed by atoms with van der Waals surface area (Å²) in [6, 6.07) is 6.91. The average Bonchev–Trinajstić information content (AvgIpc) is 2.77. The predicted molar refractivity (Wildman–Crippen MR) is 122 cm³/mol. The molecule has 3 rings (SSSR count). The molecule has 0 spiro atoms. The highest BCUT2D eigenvalue weighted by Crippen LogP contribution is 2.35. The molecule has 0 radical (unpaired) electrons. The van der Waals surface area contributed by atoms with E-state index in [0.717, 1.165) is 12.1 Å². The molecule has 0 aliphatic heterocycles. The van der Waals surface area contributed by atoms with Crippen LogP contribution < -0.4 is 20.5 Å². The minimum Gasteiger partial charge on any atom is -0.487 e. The third-order valence-corrected chi connectivity index (χ3v) is 4.77. The number of nitrogens with two attached hydrogens (primary N) is 1. The standard InChI is InChI=1S/C23H27F3N4O4/c1-14-29-19-12-21(34-7-5-32-3)20(33-6-4-31-2)11-18(19)22(30-14)28-13-15-8-16(23(24,25)26)10-17(27)9-15/h8-12H,4-7,13,27H2,1-3H3,(H,28,29,30). The number of benzene rings is 2. The molecule has 1 heterocycles. The molecule has 0 aliphatic carbocycles. The first-order chi connectivity index (χ1) is 16.2. The Labute approximate surface area is 195 Å². The van der Waals surface area contributed by atoms with Gasteiger partial charge in [0.05, 0.1) is 24.3 Å². The number of halogens is 3. The van der Waals surface area contributed by atoms with Crippen molar-refractivity contribution >= 4 is 22.4 Å². The normalized spacial score (nSPS) is 11.6. The van der Waals surface area contributed by atoms with Crippen molar-refractivity contribution in [2.24, 2.45) is 0 Å². The summed E-state index contributed by atoms with van der Waals surface area (Å²) in [6.45, 7) is 3.18. The topological polar surface area (TPSA) is 101 Å². The van der Waals surface area contributed by atoms with Crippen molar-refractivity contribution < 1.29 is 32.1 Å². The number of aromatic nitrogens is 2. The molecule has 3 aromatic rings. The van der Waals surface area contributed by atoms with Crippen molar-refractivity contribution in [1.29, 1.82) is 0 Å². The van der Waals surface area contributed by atoms with E-state index >= 15 is 0 Å². The van der Waals surface area contributed by atoms with Gasteiger partial charge in [-0.15, -0.1) is 0 Å². The van der Waals surface area contributed by atoms with Gasteiger partial charge in [-0.25, -0.2) is 9.97 Å². The molecule has 11 heteroatoms. The largest absolute Gasteiger partial charge is 0.487 e. The summed E-state index contributed by atoms with van der Waals surface area (Å²) in [4.78, 5) is 8.90. The van der Waals surface area contributed by atoms with Crippen LogP contribution in [-0.4, -0.2) is 50.6 Å². The number of fused-ring (bicyclic) bond motifs is 1. The Balaban J connectivity index is 1.94. The zero-order valence-corrected chi connectivity index (χ0v) is 19.2. The summed E-state index contributed by atoms with van der Waals surface area (Å²) >= 11 is 0. The SMILES string of the molecule is COCCOc1cc2nc(C)nc(NCc3cc(N)cc(C(F)(F)F)c3)c2cc1OCCOC. The smallest absolute Gasteiger partial charge is 0.416 e. The van der Waals surface area contributed by atoms with E-state index in [9.17, 15) is 13.2 Å². The Kier molecular flexibility index (Phi) is 8.35. The van der Waals surface area contributed by atoms with Crippen molar-refractivity contribution in [3.8, 4) is 11.5 Å². The first-order valence-corrected chi connectivity index (χ1v) is 10.5. The molecule has 0 bridgehead atoms. The Bertz CT molecular complexity index is 1130. The molecule has 34 heavy (non-hydrogen) atoms. The lowest BCUT2D eigenvalue weighted by atomic mass is 10.1. The molecule has 3 N–H and O–H groups in total. The summed E-state index contributed by atoms with van der Waals surface area (Å²) in [7, 11) is 3.14. The highest BCUT2D eigenvalue weighted by molar-refractivity contribution is 5.91. The zero-order chi connectivity index (χ0) is 24.7. The van der Waals surface area contributed by atoms with E-state index in [-0.39, 0.29) is 12.2 Å². The van der Waals surface area contributed by atoms with E-state index in [1.165, 1.54) is 6.07 Å². The molecule has 0 unspecified atom stereocenters. The van der Waals surface area contributed by atoms with Crippen LogP contribution in [0.1, 0.15) is 17.0 Å². The van der Waals surface area contributed by atoms with Crippen molar-refractivity contribution in [3.63, 3.8) is 0 Å². The van der Waals surface area contributed by atoms with Gasteiger partial charge in [-0.1, -0.05) is 0 Å². The summed E-state index contributed by atoms with van der Waals surface area (Å²) in [6.07, 6.45) is -4.49. The summed E-state index contributed by atoms with van der Waals surface area (Å²) < 4.78 is 61.2. The Morgan fingerprint density at radius 1 is 0.882 bits per heavy atom. The van der Waals surface area contributed by atoms with Crippen LogP contribution in [0.25, 0.3) is 10.9 Å².